The quantitative estimate of drug-likeness (QED) is 0.878. The van der Waals surface area contributed by atoms with E-state index in [1.165, 1.54) is 23.2 Å². The molecule has 0 aliphatic heterocycles. The van der Waals surface area contributed by atoms with Crippen molar-refractivity contribution in [1.29, 1.82) is 0 Å². The van der Waals surface area contributed by atoms with Gasteiger partial charge in [-0.3, -0.25) is 9.78 Å². The number of ether oxygens (including phenoxy) is 1. The maximum Gasteiger partial charge on any atom is 0.259 e. The highest BCUT2D eigenvalue weighted by molar-refractivity contribution is 7.89. The normalized spacial score (nSPS) is 11.4. The van der Waals surface area contributed by atoms with Gasteiger partial charge in [-0.05, 0) is 24.3 Å². The summed E-state index contributed by atoms with van der Waals surface area (Å²) in [5.41, 5.74) is 0.343. The molecule has 0 radical (unpaired) electrons. The summed E-state index contributed by atoms with van der Waals surface area (Å²) < 4.78 is 28.5. The first-order chi connectivity index (χ1) is 9.80. The maximum atomic E-state index is 11.6. The van der Waals surface area contributed by atoms with Crippen LogP contribution in [0.1, 0.15) is 0 Å². The Balaban J connectivity index is 2.46. The van der Waals surface area contributed by atoms with Crippen LogP contribution in [0.4, 0.5) is 0 Å². The monoisotopic (exact) mass is 309 g/mol. The minimum absolute atomic E-state index is 0.0307. The van der Waals surface area contributed by atoms with Crippen LogP contribution in [-0.4, -0.2) is 44.9 Å². The van der Waals surface area contributed by atoms with Crippen molar-refractivity contribution in [3.8, 4) is 5.75 Å². The fraction of sp³-hybridized carbons (Fsp3) is 0.231. The van der Waals surface area contributed by atoms with E-state index in [1.807, 2.05) is 0 Å². The molecular formula is C13H15N3O4S. The number of primary sulfonamides is 1. The van der Waals surface area contributed by atoms with E-state index in [9.17, 15) is 13.2 Å². The van der Waals surface area contributed by atoms with Crippen molar-refractivity contribution >= 4 is 26.8 Å². The fourth-order valence-corrected chi connectivity index (χ4v) is 2.48. The molecule has 2 rings (SSSR count). The smallest absolute Gasteiger partial charge is 0.259 e. The summed E-state index contributed by atoms with van der Waals surface area (Å²) in [4.78, 5) is 17.0. The van der Waals surface area contributed by atoms with E-state index in [1.54, 1.807) is 26.2 Å². The van der Waals surface area contributed by atoms with Crippen LogP contribution in [0.25, 0.3) is 10.9 Å². The second kappa shape index (κ2) is 5.66. The minimum Gasteiger partial charge on any atom is -0.481 e. The van der Waals surface area contributed by atoms with Crippen LogP contribution in [-0.2, 0) is 14.8 Å². The van der Waals surface area contributed by atoms with Gasteiger partial charge >= 0.3 is 0 Å². The molecule has 0 saturated heterocycles. The lowest BCUT2D eigenvalue weighted by Crippen LogP contribution is -2.27. The summed E-state index contributed by atoms with van der Waals surface area (Å²) >= 11 is 0. The first-order valence-corrected chi connectivity index (χ1v) is 7.59. The van der Waals surface area contributed by atoms with Gasteiger partial charge in [0.05, 0.1) is 4.90 Å². The van der Waals surface area contributed by atoms with Crippen molar-refractivity contribution in [3.63, 3.8) is 0 Å². The van der Waals surface area contributed by atoms with Crippen LogP contribution < -0.4 is 9.88 Å². The lowest BCUT2D eigenvalue weighted by molar-refractivity contribution is -0.130. The van der Waals surface area contributed by atoms with Gasteiger partial charge in [0.15, 0.2) is 6.61 Å². The second-order valence-corrected chi connectivity index (χ2v) is 6.11. The molecule has 2 aromatic rings. The van der Waals surface area contributed by atoms with Crippen LogP contribution in [0.5, 0.6) is 5.75 Å². The Morgan fingerprint density at radius 3 is 2.67 bits per heavy atom. The zero-order valence-electron chi connectivity index (χ0n) is 11.6. The number of pyridine rings is 1. The third-order valence-electron chi connectivity index (χ3n) is 2.85. The van der Waals surface area contributed by atoms with Crippen molar-refractivity contribution in [2.45, 2.75) is 4.90 Å². The molecule has 1 heterocycles. The molecule has 0 aliphatic rings. The molecule has 8 heteroatoms. The molecule has 2 N–H and O–H groups in total. The number of nitrogens with two attached hydrogens (primary N) is 1. The topological polar surface area (TPSA) is 103 Å². The average Bonchev–Trinajstić information content (AvgIpc) is 2.42. The number of benzene rings is 1. The third-order valence-corrected chi connectivity index (χ3v) is 3.82. The molecule has 0 fully saturated rings. The number of carbonyl (C=O) groups is 1. The maximum absolute atomic E-state index is 11.6. The van der Waals surface area contributed by atoms with Gasteiger partial charge < -0.3 is 9.64 Å². The van der Waals surface area contributed by atoms with Gasteiger partial charge in [0.2, 0.25) is 10.0 Å². The van der Waals surface area contributed by atoms with E-state index < -0.39 is 10.0 Å². The molecule has 0 atom stereocenters. The minimum atomic E-state index is -3.86. The van der Waals surface area contributed by atoms with E-state index in [4.69, 9.17) is 9.88 Å². The van der Waals surface area contributed by atoms with Crippen LogP contribution in [0.2, 0.25) is 0 Å². The molecule has 0 aliphatic carbocycles. The molecule has 1 amide bonds. The van der Waals surface area contributed by atoms with Gasteiger partial charge in [-0.15, -0.1) is 0 Å². The molecule has 1 aromatic heterocycles. The van der Waals surface area contributed by atoms with Crippen LogP contribution >= 0.6 is 0 Å². The third kappa shape index (κ3) is 3.29. The molecular weight excluding hydrogens is 294 g/mol. The number of hydrogen-bond donors (Lipinski definition) is 1. The number of likely N-dealkylation sites (N-methyl/N-ethyl adjacent to an activating group) is 1. The lowest BCUT2D eigenvalue weighted by atomic mass is 10.2. The van der Waals surface area contributed by atoms with Crippen molar-refractivity contribution in [2.75, 3.05) is 20.7 Å². The molecule has 0 bridgehead atoms. The summed E-state index contributed by atoms with van der Waals surface area (Å²) in [6.45, 7) is -0.159. The van der Waals surface area contributed by atoms with Crippen LogP contribution in [0, 0.1) is 0 Å². The predicted octanol–water partition coefficient (Wildman–Crippen LogP) is 0.349. The Bertz CT molecular complexity index is 787. The lowest BCUT2D eigenvalue weighted by Gasteiger charge is -2.13. The van der Waals surface area contributed by atoms with Crippen molar-refractivity contribution < 1.29 is 17.9 Å². The van der Waals surface area contributed by atoms with Crippen LogP contribution in [0.15, 0.2) is 35.4 Å². The zero-order valence-corrected chi connectivity index (χ0v) is 12.4. The van der Waals surface area contributed by atoms with Gasteiger partial charge in [0.1, 0.15) is 11.3 Å². The first kappa shape index (κ1) is 15.2. The Kier molecular flexibility index (Phi) is 4.10. The largest absolute Gasteiger partial charge is 0.481 e. The summed E-state index contributed by atoms with van der Waals surface area (Å²) in [6, 6.07) is 5.97. The fourth-order valence-electron chi connectivity index (χ4n) is 1.75. The molecule has 21 heavy (non-hydrogen) atoms. The molecule has 0 unspecified atom stereocenters. The summed E-state index contributed by atoms with van der Waals surface area (Å²) in [6.07, 6.45) is 1.51. The number of nitrogens with zero attached hydrogens (tertiary/aromatic N) is 2. The van der Waals surface area contributed by atoms with E-state index in [0.29, 0.717) is 16.7 Å². The highest BCUT2D eigenvalue weighted by Crippen LogP contribution is 2.28. The number of fused-ring (bicyclic) bond motifs is 1. The average molecular weight is 309 g/mol. The Labute approximate surface area is 122 Å². The van der Waals surface area contributed by atoms with E-state index in [-0.39, 0.29) is 17.4 Å². The van der Waals surface area contributed by atoms with Gasteiger partial charge in [-0.25, -0.2) is 13.6 Å². The van der Waals surface area contributed by atoms with Gasteiger partial charge in [0.25, 0.3) is 5.91 Å². The molecule has 112 valence electrons. The van der Waals surface area contributed by atoms with E-state index in [0.717, 1.165) is 0 Å². The number of carbonyl (C=O) groups excluding carboxylic acids is 1. The zero-order chi connectivity index (χ0) is 15.6. The molecule has 1 aromatic carbocycles. The van der Waals surface area contributed by atoms with Crippen molar-refractivity contribution in [2.24, 2.45) is 5.14 Å². The van der Waals surface area contributed by atoms with Gasteiger partial charge in [0, 0.05) is 25.7 Å². The van der Waals surface area contributed by atoms with E-state index >= 15 is 0 Å². The number of hydrogen-bond acceptors (Lipinski definition) is 5. The van der Waals surface area contributed by atoms with Crippen molar-refractivity contribution in [3.05, 3.63) is 30.5 Å². The number of rotatable bonds is 4. The Morgan fingerprint density at radius 2 is 2.05 bits per heavy atom. The highest BCUT2D eigenvalue weighted by Gasteiger charge is 2.16. The number of aromatic nitrogens is 1. The second-order valence-electron chi connectivity index (χ2n) is 4.58. The molecule has 7 nitrogen and oxygen atoms in total. The first-order valence-electron chi connectivity index (χ1n) is 6.04. The predicted molar refractivity (Wildman–Crippen MR) is 77.3 cm³/mol. The molecule has 0 saturated carbocycles. The Morgan fingerprint density at radius 1 is 1.33 bits per heavy atom. The summed E-state index contributed by atoms with van der Waals surface area (Å²) in [7, 11) is -0.627. The summed E-state index contributed by atoms with van der Waals surface area (Å²) in [5.74, 6) is 0.114. The van der Waals surface area contributed by atoms with Gasteiger partial charge in [-0.2, -0.15) is 0 Å². The standard InChI is InChI=1S/C13H15N3O4S/c1-16(2)12(17)8-20-10-5-6-11(21(14,18)19)9-4-3-7-15-13(9)10/h3-7H,8H2,1-2H3,(H2,14,18,19). The Hall–Kier alpha value is -2.19. The van der Waals surface area contributed by atoms with Crippen molar-refractivity contribution in [1.82, 2.24) is 9.88 Å². The number of amides is 1. The van der Waals surface area contributed by atoms with E-state index in [2.05, 4.69) is 4.98 Å². The molecule has 0 spiro atoms. The SMILES string of the molecule is CN(C)C(=O)COc1ccc(S(N)(=O)=O)c2cccnc12. The van der Waals surface area contributed by atoms with Crippen LogP contribution in [0.3, 0.4) is 0 Å². The van der Waals surface area contributed by atoms with Gasteiger partial charge in [-0.1, -0.05) is 0 Å². The highest BCUT2D eigenvalue weighted by atomic mass is 32.2. The summed E-state index contributed by atoms with van der Waals surface area (Å²) in [5, 5.41) is 5.53. The number of sulfonamides is 1.